The average molecular weight is 448 g/mol. The number of benzene rings is 3. The van der Waals surface area contributed by atoms with E-state index in [1.165, 1.54) is 4.90 Å². The monoisotopic (exact) mass is 447 g/mol. The lowest BCUT2D eigenvalue weighted by Crippen LogP contribution is -2.29. The van der Waals surface area contributed by atoms with Gasteiger partial charge < -0.3 is 10.0 Å². The number of halogens is 1. The first-order valence-electron chi connectivity index (χ1n) is 9.19. The van der Waals surface area contributed by atoms with E-state index >= 15 is 0 Å². The second kappa shape index (κ2) is 8.05. The van der Waals surface area contributed by atoms with Gasteiger partial charge in [0.05, 0.1) is 11.6 Å². The van der Waals surface area contributed by atoms with Crippen LogP contribution in [-0.4, -0.2) is 21.7 Å². The standard InChI is InChI=1S/C24H18BrNO3/c25-19-13-11-17(12-14-19)21-20(22(27)18-9-5-2-6-10-18)23(28)24(29)26(21)15-16-7-3-1-4-8-16/h1-14,21,27H,15H2/t21-/m0/s1. The summed E-state index contributed by atoms with van der Waals surface area (Å²) >= 11 is 3.42. The van der Waals surface area contributed by atoms with E-state index in [0.717, 1.165) is 15.6 Å². The first-order chi connectivity index (χ1) is 14.1. The molecule has 1 amide bonds. The molecular formula is C24H18BrNO3. The third kappa shape index (κ3) is 3.74. The molecule has 1 N–H and O–H groups in total. The molecule has 3 aromatic carbocycles. The molecule has 1 atom stereocenters. The van der Waals surface area contributed by atoms with Crippen molar-refractivity contribution in [2.24, 2.45) is 0 Å². The summed E-state index contributed by atoms with van der Waals surface area (Å²) in [7, 11) is 0. The van der Waals surface area contributed by atoms with Crippen LogP contribution in [0.1, 0.15) is 22.7 Å². The van der Waals surface area contributed by atoms with Crippen molar-refractivity contribution in [2.75, 3.05) is 0 Å². The first-order valence-corrected chi connectivity index (χ1v) is 9.99. The first kappa shape index (κ1) is 19.2. The lowest BCUT2D eigenvalue weighted by Gasteiger charge is -2.25. The van der Waals surface area contributed by atoms with E-state index in [-0.39, 0.29) is 17.9 Å². The van der Waals surface area contributed by atoms with Gasteiger partial charge in [-0.1, -0.05) is 88.7 Å². The summed E-state index contributed by atoms with van der Waals surface area (Å²) in [6, 6.07) is 25.1. The summed E-state index contributed by atoms with van der Waals surface area (Å²) in [5.74, 6) is -1.44. The number of nitrogens with zero attached hydrogens (tertiary/aromatic N) is 1. The van der Waals surface area contributed by atoms with Crippen LogP contribution < -0.4 is 0 Å². The SMILES string of the molecule is O=C1C(=O)N(Cc2ccccc2)[C@@H](c2ccc(Br)cc2)C1=C(O)c1ccccc1. The molecule has 144 valence electrons. The number of rotatable bonds is 4. The van der Waals surface area contributed by atoms with Crippen molar-refractivity contribution < 1.29 is 14.7 Å². The fourth-order valence-corrected chi connectivity index (χ4v) is 3.83. The normalized spacial score (nSPS) is 18.2. The molecule has 0 spiro atoms. The topological polar surface area (TPSA) is 57.6 Å². The number of carbonyl (C=O) groups excluding carboxylic acids is 2. The lowest BCUT2D eigenvalue weighted by molar-refractivity contribution is -0.140. The van der Waals surface area contributed by atoms with Crippen molar-refractivity contribution in [3.63, 3.8) is 0 Å². The van der Waals surface area contributed by atoms with E-state index in [2.05, 4.69) is 15.9 Å². The van der Waals surface area contributed by atoms with Gasteiger partial charge in [-0.3, -0.25) is 9.59 Å². The minimum atomic E-state index is -0.671. The largest absolute Gasteiger partial charge is 0.507 e. The molecular weight excluding hydrogens is 430 g/mol. The van der Waals surface area contributed by atoms with Crippen molar-refractivity contribution in [1.29, 1.82) is 0 Å². The molecule has 29 heavy (non-hydrogen) atoms. The highest BCUT2D eigenvalue weighted by Gasteiger charge is 2.45. The molecule has 0 unspecified atom stereocenters. The van der Waals surface area contributed by atoms with Gasteiger partial charge in [0, 0.05) is 16.6 Å². The Balaban J connectivity index is 1.86. The maximum Gasteiger partial charge on any atom is 0.295 e. The molecule has 0 radical (unpaired) electrons. The highest BCUT2D eigenvalue weighted by atomic mass is 79.9. The van der Waals surface area contributed by atoms with Crippen molar-refractivity contribution in [3.05, 3.63) is 112 Å². The van der Waals surface area contributed by atoms with E-state index in [4.69, 9.17) is 0 Å². The molecule has 1 aliphatic rings. The second-order valence-electron chi connectivity index (χ2n) is 6.83. The number of aliphatic hydroxyl groups excluding tert-OH is 1. The van der Waals surface area contributed by atoms with Gasteiger partial charge in [0.2, 0.25) is 0 Å². The summed E-state index contributed by atoms with van der Waals surface area (Å²) in [6.45, 7) is 0.276. The van der Waals surface area contributed by atoms with Gasteiger partial charge in [-0.25, -0.2) is 0 Å². The molecule has 0 bridgehead atoms. The van der Waals surface area contributed by atoms with E-state index in [0.29, 0.717) is 5.56 Å². The van der Waals surface area contributed by atoms with Crippen LogP contribution >= 0.6 is 15.9 Å². The minimum absolute atomic E-state index is 0.111. The fraction of sp³-hybridized carbons (Fsp3) is 0.0833. The van der Waals surface area contributed by atoms with E-state index < -0.39 is 17.7 Å². The highest BCUT2D eigenvalue weighted by Crippen LogP contribution is 2.40. The van der Waals surface area contributed by atoms with Crippen LogP contribution in [0.4, 0.5) is 0 Å². The molecule has 1 saturated heterocycles. The van der Waals surface area contributed by atoms with Gasteiger partial charge >= 0.3 is 0 Å². The van der Waals surface area contributed by atoms with Crippen LogP contribution in [0.2, 0.25) is 0 Å². The number of hydrogen-bond donors (Lipinski definition) is 1. The molecule has 3 aromatic rings. The maximum absolute atomic E-state index is 13.0. The Morgan fingerprint density at radius 1 is 0.862 bits per heavy atom. The fourth-order valence-electron chi connectivity index (χ4n) is 3.57. The van der Waals surface area contributed by atoms with Crippen molar-refractivity contribution in [2.45, 2.75) is 12.6 Å². The zero-order chi connectivity index (χ0) is 20.4. The third-order valence-corrected chi connectivity index (χ3v) is 5.50. The Labute approximate surface area is 177 Å². The van der Waals surface area contributed by atoms with Crippen LogP contribution in [0.3, 0.4) is 0 Å². The van der Waals surface area contributed by atoms with E-state index in [1.54, 1.807) is 24.3 Å². The van der Waals surface area contributed by atoms with Gasteiger partial charge in [0.15, 0.2) is 0 Å². The Kier molecular flexibility index (Phi) is 5.32. The Morgan fingerprint density at radius 3 is 2.07 bits per heavy atom. The number of likely N-dealkylation sites (tertiary alicyclic amines) is 1. The molecule has 1 fully saturated rings. The Morgan fingerprint density at radius 2 is 1.45 bits per heavy atom. The summed E-state index contributed by atoms with van der Waals surface area (Å²) in [5.41, 5.74) is 2.30. The molecule has 0 aliphatic carbocycles. The number of Topliss-reactive ketones (excluding diaryl/α,β-unsaturated/α-hetero) is 1. The van der Waals surface area contributed by atoms with Crippen LogP contribution in [0.5, 0.6) is 0 Å². The van der Waals surface area contributed by atoms with Crippen molar-refractivity contribution >= 4 is 33.4 Å². The smallest absolute Gasteiger partial charge is 0.295 e. The number of carbonyl (C=O) groups is 2. The van der Waals surface area contributed by atoms with Gasteiger partial charge in [0.25, 0.3) is 11.7 Å². The van der Waals surface area contributed by atoms with Crippen LogP contribution in [0, 0.1) is 0 Å². The van der Waals surface area contributed by atoms with Crippen LogP contribution in [0.15, 0.2) is 95.0 Å². The quantitative estimate of drug-likeness (QED) is 0.345. The Hall–Kier alpha value is -3.18. The minimum Gasteiger partial charge on any atom is -0.507 e. The van der Waals surface area contributed by atoms with Gasteiger partial charge in [-0.2, -0.15) is 0 Å². The number of amides is 1. The summed E-state index contributed by atoms with van der Waals surface area (Å²) in [5, 5.41) is 10.9. The molecule has 1 aliphatic heterocycles. The predicted molar refractivity (Wildman–Crippen MR) is 115 cm³/mol. The number of aliphatic hydroxyl groups is 1. The van der Waals surface area contributed by atoms with E-state index in [9.17, 15) is 14.7 Å². The highest BCUT2D eigenvalue weighted by molar-refractivity contribution is 9.10. The molecule has 0 aromatic heterocycles. The van der Waals surface area contributed by atoms with Crippen LogP contribution in [-0.2, 0) is 16.1 Å². The van der Waals surface area contributed by atoms with Crippen molar-refractivity contribution in [1.82, 2.24) is 4.90 Å². The zero-order valence-electron chi connectivity index (χ0n) is 15.5. The summed E-state index contributed by atoms with van der Waals surface area (Å²) in [6.07, 6.45) is 0. The Bertz CT molecular complexity index is 1080. The van der Waals surface area contributed by atoms with Gasteiger partial charge in [0.1, 0.15) is 5.76 Å². The average Bonchev–Trinajstić information content (AvgIpc) is 3.00. The maximum atomic E-state index is 13.0. The van der Waals surface area contributed by atoms with Gasteiger partial charge in [-0.05, 0) is 23.3 Å². The molecule has 4 nitrogen and oxygen atoms in total. The molecule has 5 heteroatoms. The van der Waals surface area contributed by atoms with Gasteiger partial charge in [-0.15, -0.1) is 0 Å². The van der Waals surface area contributed by atoms with Crippen LogP contribution in [0.25, 0.3) is 5.76 Å². The lowest BCUT2D eigenvalue weighted by atomic mass is 9.95. The second-order valence-corrected chi connectivity index (χ2v) is 7.75. The van der Waals surface area contributed by atoms with E-state index in [1.807, 2.05) is 60.7 Å². The molecule has 1 heterocycles. The number of ketones is 1. The third-order valence-electron chi connectivity index (χ3n) is 4.97. The predicted octanol–water partition coefficient (Wildman–Crippen LogP) is 5.07. The zero-order valence-corrected chi connectivity index (χ0v) is 17.0. The molecule has 4 rings (SSSR count). The van der Waals surface area contributed by atoms with Crippen molar-refractivity contribution in [3.8, 4) is 0 Å². The molecule has 0 saturated carbocycles. The number of hydrogen-bond acceptors (Lipinski definition) is 3. The summed E-state index contributed by atoms with van der Waals surface area (Å²) in [4.78, 5) is 27.4. The summed E-state index contributed by atoms with van der Waals surface area (Å²) < 4.78 is 0.893.